The molecule has 0 N–H and O–H groups in total. The van der Waals surface area contributed by atoms with E-state index >= 15 is 0 Å². The molecule has 31 heavy (non-hydrogen) atoms. The number of nitrogens with zero attached hydrogens (tertiary/aromatic N) is 2. The lowest BCUT2D eigenvalue weighted by Gasteiger charge is -2.42. The first-order chi connectivity index (χ1) is 15.3. The van der Waals surface area contributed by atoms with Crippen LogP contribution >= 0.6 is 0 Å². The highest BCUT2D eigenvalue weighted by atomic mass is 15.4. The molecule has 2 heteroatoms. The molecule has 0 radical (unpaired) electrons. The Labute approximate surface area is 187 Å². The summed E-state index contributed by atoms with van der Waals surface area (Å²) in [6.45, 7) is 0. The zero-order valence-electron chi connectivity index (χ0n) is 18.8. The van der Waals surface area contributed by atoms with E-state index in [2.05, 4.69) is 115 Å². The Balaban J connectivity index is 1.55. The first-order valence-corrected chi connectivity index (χ1v) is 11.8. The number of hydrogen-bond acceptors (Lipinski definition) is 2. The Hall–Kier alpha value is -2.42. The van der Waals surface area contributed by atoms with E-state index in [4.69, 9.17) is 0 Å². The second-order valence-corrected chi connectivity index (χ2v) is 9.42. The summed E-state index contributed by atoms with van der Waals surface area (Å²) in [5.41, 5.74) is 4.36. The van der Waals surface area contributed by atoms with Crippen molar-refractivity contribution < 1.29 is 0 Å². The molecule has 0 amide bonds. The van der Waals surface area contributed by atoms with Crippen molar-refractivity contribution in [2.75, 3.05) is 14.1 Å². The standard InChI is InChI=1S/C29H34N2/c1-30-27(23-16-8-4-9-17-23)28(24-18-10-5-11-19-24)31(2)29(30)26-21-13-12-20-25(26)22-14-6-3-7-15-22/h3-11,14-19,25-29H,12-13,20-21H2,1-2H3/t25-,26+,27?,28?,29?/m1/s1. The highest BCUT2D eigenvalue weighted by Crippen LogP contribution is 2.51. The predicted octanol–water partition coefficient (Wildman–Crippen LogP) is 6.65. The summed E-state index contributed by atoms with van der Waals surface area (Å²) >= 11 is 0. The molecule has 3 aromatic rings. The molecular formula is C29H34N2. The average molecular weight is 411 g/mol. The van der Waals surface area contributed by atoms with Gasteiger partial charge in [-0.1, -0.05) is 104 Å². The molecule has 0 spiro atoms. The molecule has 0 aromatic heterocycles. The van der Waals surface area contributed by atoms with Crippen LogP contribution in [0.25, 0.3) is 0 Å². The minimum Gasteiger partial charge on any atom is -0.282 e. The molecule has 2 nitrogen and oxygen atoms in total. The van der Waals surface area contributed by atoms with Crippen molar-refractivity contribution in [2.45, 2.75) is 49.9 Å². The Morgan fingerprint density at radius 2 is 0.968 bits per heavy atom. The van der Waals surface area contributed by atoms with Crippen molar-refractivity contribution in [1.82, 2.24) is 9.80 Å². The van der Waals surface area contributed by atoms with Crippen LogP contribution in [-0.4, -0.2) is 30.1 Å². The quantitative estimate of drug-likeness (QED) is 0.475. The SMILES string of the molecule is CN1C(c2ccccc2)C(c2ccccc2)N(C)C1[C@H]1CCCC[C@@H]1c1ccccc1. The van der Waals surface area contributed by atoms with Gasteiger partial charge >= 0.3 is 0 Å². The third-order valence-corrected chi connectivity index (χ3v) is 7.72. The van der Waals surface area contributed by atoms with E-state index in [0.29, 0.717) is 30.1 Å². The number of benzene rings is 3. The van der Waals surface area contributed by atoms with Gasteiger partial charge in [0.1, 0.15) is 0 Å². The number of hydrogen-bond donors (Lipinski definition) is 0. The largest absolute Gasteiger partial charge is 0.282 e. The fourth-order valence-corrected chi connectivity index (χ4v) is 6.43. The van der Waals surface area contributed by atoms with Gasteiger partial charge in [-0.2, -0.15) is 0 Å². The van der Waals surface area contributed by atoms with Gasteiger partial charge in [-0.15, -0.1) is 0 Å². The molecule has 0 bridgehead atoms. The van der Waals surface area contributed by atoms with Crippen LogP contribution in [-0.2, 0) is 0 Å². The summed E-state index contributed by atoms with van der Waals surface area (Å²) in [6, 6.07) is 34.2. The number of rotatable bonds is 4. The Kier molecular flexibility index (Phi) is 5.93. The lowest BCUT2D eigenvalue weighted by molar-refractivity contribution is 0.0621. The molecule has 1 saturated heterocycles. The minimum atomic E-state index is 0.358. The molecule has 1 heterocycles. The van der Waals surface area contributed by atoms with Crippen LogP contribution in [0.5, 0.6) is 0 Å². The average Bonchev–Trinajstić information content (AvgIpc) is 3.10. The van der Waals surface area contributed by atoms with Crippen LogP contribution in [0.3, 0.4) is 0 Å². The normalized spacial score (nSPS) is 29.8. The molecule has 1 aliphatic carbocycles. The third kappa shape index (κ3) is 3.84. The van der Waals surface area contributed by atoms with Crippen LogP contribution in [0.2, 0.25) is 0 Å². The summed E-state index contributed by atoms with van der Waals surface area (Å²) in [4.78, 5) is 5.36. The Morgan fingerprint density at radius 3 is 1.45 bits per heavy atom. The van der Waals surface area contributed by atoms with Crippen molar-refractivity contribution in [3.63, 3.8) is 0 Å². The Morgan fingerprint density at radius 1 is 0.548 bits per heavy atom. The maximum atomic E-state index is 2.68. The zero-order chi connectivity index (χ0) is 21.2. The van der Waals surface area contributed by atoms with Gasteiger partial charge < -0.3 is 0 Å². The second kappa shape index (κ2) is 8.98. The smallest absolute Gasteiger partial charge is 0.0663 e. The second-order valence-electron chi connectivity index (χ2n) is 9.42. The fraction of sp³-hybridized carbons (Fsp3) is 0.379. The van der Waals surface area contributed by atoms with Crippen LogP contribution in [0.1, 0.15) is 60.4 Å². The number of likely N-dealkylation sites (N-methyl/N-ethyl adjacent to an activating group) is 2. The first-order valence-electron chi connectivity index (χ1n) is 11.8. The molecule has 4 atom stereocenters. The van der Waals surface area contributed by atoms with Gasteiger partial charge in [0, 0.05) is 0 Å². The van der Waals surface area contributed by atoms with E-state index in [9.17, 15) is 0 Å². The predicted molar refractivity (Wildman–Crippen MR) is 129 cm³/mol. The zero-order valence-corrected chi connectivity index (χ0v) is 18.8. The lowest BCUT2D eigenvalue weighted by atomic mass is 9.73. The molecular weight excluding hydrogens is 376 g/mol. The van der Waals surface area contributed by atoms with Gasteiger partial charge in [0.25, 0.3) is 0 Å². The van der Waals surface area contributed by atoms with Crippen molar-refractivity contribution in [3.8, 4) is 0 Å². The summed E-state index contributed by atoms with van der Waals surface area (Å²) in [5, 5.41) is 0. The van der Waals surface area contributed by atoms with E-state index in [0.717, 1.165) is 0 Å². The molecule has 1 saturated carbocycles. The van der Waals surface area contributed by atoms with Crippen LogP contribution in [0.15, 0.2) is 91.0 Å². The van der Waals surface area contributed by atoms with Gasteiger partial charge in [0.2, 0.25) is 0 Å². The minimum absolute atomic E-state index is 0.358. The monoisotopic (exact) mass is 410 g/mol. The third-order valence-electron chi connectivity index (χ3n) is 7.72. The summed E-state index contributed by atoms with van der Waals surface area (Å²) in [6.07, 6.45) is 5.74. The first kappa shape index (κ1) is 20.5. The van der Waals surface area contributed by atoms with Crippen LogP contribution < -0.4 is 0 Å². The van der Waals surface area contributed by atoms with Crippen LogP contribution in [0, 0.1) is 5.92 Å². The fourth-order valence-electron chi connectivity index (χ4n) is 6.43. The van der Waals surface area contributed by atoms with E-state index in [1.807, 2.05) is 0 Å². The molecule has 2 unspecified atom stereocenters. The summed E-state index contributed by atoms with van der Waals surface area (Å²) in [5.74, 6) is 1.28. The maximum absolute atomic E-state index is 2.68. The van der Waals surface area contributed by atoms with Crippen LogP contribution in [0.4, 0.5) is 0 Å². The summed E-state index contributed by atoms with van der Waals surface area (Å²) < 4.78 is 0. The van der Waals surface area contributed by atoms with Gasteiger partial charge in [0.15, 0.2) is 0 Å². The molecule has 5 rings (SSSR count). The van der Waals surface area contributed by atoms with Crippen molar-refractivity contribution in [3.05, 3.63) is 108 Å². The molecule has 2 aliphatic rings. The van der Waals surface area contributed by atoms with E-state index in [1.165, 1.54) is 42.4 Å². The van der Waals surface area contributed by atoms with E-state index < -0.39 is 0 Å². The Bertz CT molecular complexity index is 904. The topological polar surface area (TPSA) is 6.48 Å². The van der Waals surface area contributed by atoms with Crippen molar-refractivity contribution in [1.29, 1.82) is 0 Å². The van der Waals surface area contributed by atoms with E-state index in [1.54, 1.807) is 0 Å². The molecule has 1 aliphatic heterocycles. The van der Waals surface area contributed by atoms with E-state index in [-0.39, 0.29) is 0 Å². The summed E-state index contributed by atoms with van der Waals surface area (Å²) in [7, 11) is 4.72. The molecule has 3 aromatic carbocycles. The van der Waals surface area contributed by atoms with Crippen molar-refractivity contribution >= 4 is 0 Å². The van der Waals surface area contributed by atoms with Gasteiger partial charge in [0.05, 0.1) is 18.2 Å². The van der Waals surface area contributed by atoms with Gasteiger partial charge in [-0.3, -0.25) is 9.80 Å². The highest BCUT2D eigenvalue weighted by molar-refractivity contribution is 5.31. The van der Waals surface area contributed by atoms with Crippen molar-refractivity contribution in [2.24, 2.45) is 5.92 Å². The molecule has 2 fully saturated rings. The van der Waals surface area contributed by atoms with Gasteiger partial charge in [-0.25, -0.2) is 0 Å². The molecule has 160 valence electrons. The maximum Gasteiger partial charge on any atom is 0.0663 e. The lowest BCUT2D eigenvalue weighted by Crippen LogP contribution is -2.45. The van der Waals surface area contributed by atoms with Gasteiger partial charge in [-0.05, 0) is 55.5 Å². The highest BCUT2D eigenvalue weighted by Gasteiger charge is 2.49.